The Labute approximate surface area is 114 Å². The van der Waals surface area contributed by atoms with E-state index in [4.69, 9.17) is 9.84 Å². The van der Waals surface area contributed by atoms with Gasteiger partial charge in [-0.25, -0.2) is 0 Å². The summed E-state index contributed by atoms with van der Waals surface area (Å²) >= 11 is 0. The minimum atomic E-state index is -0.822. The van der Waals surface area contributed by atoms with Crippen molar-refractivity contribution in [2.24, 2.45) is 5.41 Å². The number of ether oxygens (including phenoxy) is 1. The summed E-state index contributed by atoms with van der Waals surface area (Å²) in [7, 11) is 1.62. The van der Waals surface area contributed by atoms with Gasteiger partial charge in [-0.15, -0.1) is 0 Å². The maximum atomic E-state index is 11.1. The van der Waals surface area contributed by atoms with Gasteiger partial charge < -0.3 is 15.2 Å². The molecule has 0 aliphatic heterocycles. The van der Waals surface area contributed by atoms with Gasteiger partial charge in [0.2, 0.25) is 0 Å². The summed E-state index contributed by atoms with van der Waals surface area (Å²) in [6.45, 7) is 7.97. The van der Waals surface area contributed by atoms with Crippen molar-refractivity contribution in [1.29, 1.82) is 0 Å². The molecule has 4 nitrogen and oxygen atoms in total. The third-order valence-electron chi connectivity index (χ3n) is 3.19. The van der Waals surface area contributed by atoms with Crippen molar-refractivity contribution >= 4 is 11.7 Å². The van der Waals surface area contributed by atoms with Crippen molar-refractivity contribution in [3.63, 3.8) is 0 Å². The largest absolute Gasteiger partial charge is 0.495 e. The monoisotopic (exact) mass is 265 g/mol. The summed E-state index contributed by atoms with van der Waals surface area (Å²) in [4.78, 5) is 11.1. The summed E-state index contributed by atoms with van der Waals surface area (Å²) in [6, 6.07) is 5.95. The first kappa shape index (κ1) is 15.3. The van der Waals surface area contributed by atoms with Gasteiger partial charge in [0, 0.05) is 6.54 Å². The SMILES string of the molecule is COc1cc(C(C)C)ccc1NCC(C)(C)C(=O)O. The molecular formula is C15H23NO3. The molecule has 0 aromatic heterocycles. The van der Waals surface area contributed by atoms with Gasteiger partial charge in [-0.05, 0) is 37.5 Å². The van der Waals surface area contributed by atoms with E-state index in [0.29, 0.717) is 12.5 Å². The fourth-order valence-electron chi connectivity index (χ4n) is 1.60. The molecule has 1 rings (SSSR count). The smallest absolute Gasteiger partial charge is 0.310 e. The molecule has 106 valence electrons. The van der Waals surface area contributed by atoms with E-state index < -0.39 is 11.4 Å². The van der Waals surface area contributed by atoms with Crippen LogP contribution in [-0.4, -0.2) is 24.7 Å². The van der Waals surface area contributed by atoms with E-state index in [1.807, 2.05) is 18.2 Å². The van der Waals surface area contributed by atoms with Crippen molar-refractivity contribution < 1.29 is 14.6 Å². The molecule has 0 bridgehead atoms. The molecular weight excluding hydrogens is 242 g/mol. The fourth-order valence-corrected chi connectivity index (χ4v) is 1.60. The van der Waals surface area contributed by atoms with Crippen molar-refractivity contribution in [2.75, 3.05) is 19.0 Å². The predicted molar refractivity (Wildman–Crippen MR) is 77.0 cm³/mol. The highest BCUT2D eigenvalue weighted by molar-refractivity contribution is 5.74. The van der Waals surface area contributed by atoms with Crippen molar-refractivity contribution in [1.82, 2.24) is 0 Å². The maximum absolute atomic E-state index is 11.1. The van der Waals surface area contributed by atoms with Gasteiger partial charge in [-0.3, -0.25) is 4.79 Å². The van der Waals surface area contributed by atoms with E-state index >= 15 is 0 Å². The maximum Gasteiger partial charge on any atom is 0.310 e. The zero-order valence-corrected chi connectivity index (χ0v) is 12.3. The number of rotatable bonds is 6. The zero-order chi connectivity index (χ0) is 14.6. The highest BCUT2D eigenvalue weighted by Crippen LogP contribution is 2.29. The summed E-state index contributed by atoms with van der Waals surface area (Å²) < 4.78 is 5.35. The molecule has 0 amide bonds. The van der Waals surface area contributed by atoms with Crippen LogP contribution in [-0.2, 0) is 4.79 Å². The number of methoxy groups -OCH3 is 1. The van der Waals surface area contributed by atoms with Crippen LogP contribution in [0, 0.1) is 5.41 Å². The zero-order valence-electron chi connectivity index (χ0n) is 12.3. The molecule has 4 heteroatoms. The van der Waals surface area contributed by atoms with E-state index in [0.717, 1.165) is 11.4 Å². The van der Waals surface area contributed by atoms with Crippen molar-refractivity contribution in [2.45, 2.75) is 33.6 Å². The van der Waals surface area contributed by atoms with Crippen LogP contribution in [0.5, 0.6) is 5.75 Å². The van der Waals surface area contributed by atoms with Crippen LogP contribution in [0.2, 0.25) is 0 Å². The van der Waals surface area contributed by atoms with Gasteiger partial charge in [-0.2, -0.15) is 0 Å². The van der Waals surface area contributed by atoms with Gasteiger partial charge >= 0.3 is 5.97 Å². The average Bonchev–Trinajstić information content (AvgIpc) is 2.35. The van der Waals surface area contributed by atoms with Gasteiger partial charge in [0.25, 0.3) is 0 Å². The number of carbonyl (C=O) groups is 1. The lowest BCUT2D eigenvalue weighted by atomic mass is 9.93. The number of nitrogens with one attached hydrogen (secondary N) is 1. The van der Waals surface area contributed by atoms with E-state index in [9.17, 15) is 4.79 Å². The van der Waals surface area contributed by atoms with Crippen molar-refractivity contribution in [3.8, 4) is 5.75 Å². The van der Waals surface area contributed by atoms with Gasteiger partial charge in [0.05, 0.1) is 18.2 Å². The minimum absolute atomic E-state index is 0.347. The normalized spacial score (nSPS) is 11.5. The van der Waals surface area contributed by atoms with E-state index in [-0.39, 0.29) is 0 Å². The molecule has 0 atom stereocenters. The molecule has 1 aromatic carbocycles. The lowest BCUT2D eigenvalue weighted by Crippen LogP contribution is -2.31. The van der Waals surface area contributed by atoms with Crippen LogP contribution in [0.15, 0.2) is 18.2 Å². The number of anilines is 1. The number of benzene rings is 1. The topological polar surface area (TPSA) is 58.6 Å². The minimum Gasteiger partial charge on any atom is -0.495 e. The van der Waals surface area contributed by atoms with Crippen LogP contribution < -0.4 is 10.1 Å². The van der Waals surface area contributed by atoms with Crippen LogP contribution in [0.3, 0.4) is 0 Å². The van der Waals surface area contributed by atoms with E-state index in [2.05, 4.69) is 19.2 Å². The van der Waals surface area contributed by atoms with E-state index in [1.54, 1.807) is 21.0 Å². The Bertz CT molecular complexity index is 453. The third-order valence-corrected chi connectivity index (χ3v) is 3.19. The summed E-state index contributed by atoms with van der Waals surface area (Å²) in [6.07, 6.45) is 0. The van der Waals surface area contributed by atoms with Crippen LogP contribution in [0.4, 0.5) is 5.69 Å². The summed E-state index contributed by atoms with van der Waals surface area (Å²) in [5.74, 6) is 0.351. The average molecular weight is 265 g/mol. The number of hydrogen-bond donors (Lipinski definition) is 2. The first-order valence-electron chi connectivity index (χ1n) is 6.43. The summed E-state index contributed by atoms with van der Waals surface area (Å²) in [5.41, 5.74) is 1.20. The number of carboxylic acids is 1. The second-order valence-electron chi connectivity index (χ2n) is 5.66. The third kappa shape index (κ3) is 3.88. The Hall–Kier alpha value is -1.71. The predicted octanol–water partition coefficient (Wildman–Crippen LogP) is 3.34. The lowest BCUT2D eigenvalue weighted by Gasteiger charge is -2.21. The number of carboxylic acid groups (broad SMARTS) is 1. The molecule has 0 fully saturated rings. The molecule has 0 unspecified atom stereocenters. The van der Waals surface area contributed by atoms with Gasteiger partial charge in [-0.1, -0.05) is 19.9 Å². The fraction of sp³-hybridized carbons (Fsp3) is 0.533. The van der Waals surface area contributed by atoms with Gasteiger partial charge in [0.1, 0.15) is 5.75 Å². The Morgan fingerprint density at radius 1 is 1.42 bits per heavy atom. The molecule has 2 N–H and O–H groups in total. The molecule has 1 aromatic rings. The Morgan fingerprint density at radius 2 is 2.05 bits per heavy atom. The van der Waals surface area contributed by atoms with Crippen LogP contribution in [0.1, 0.15) is 39.2 Å². The Kier molecular flexibility index (Phi) is 4.81. The number of aliphatic carboxylic acids is 1. The molecule has 19 heavy (non-hydrogen) atoms. The second-order valence-corrected chi connectivity index (χ2v) is 5.66. The molecule has 0 aliphatic rings. The molecule has 0 saturated carbocycles. The Morgan fingerprint density at radius 3 is 2.53 bits per heavy atom. The lowest BCUT2D eigenvalue weighted by molar-refractivity contribution is -0.146. The molecule has 0 radical (unpaired) electrons. The van der Waals surface area contributed by atoms with Crippen LogP contribution in [0.25, 0.3) is 0 Å². The number of hydrogen-bond acceptors (Lipinski definition) is 3. The molecule has 0 heterocycles. The van der Waals surface area contributed by atoms with Crippen molar-refractivity contribution in [3.05, 3.63) is 23.8 Å². The van der Waals surface area contributed by atoms with Crippen LogP contribution >= 0.6 is 0 Å². The quantitative estimate of drug-likeness (QED) is 0.828. The molecule has 0 aliphatic carbocycles. The van der Waals surface area contributed by atoms with E-state index in [1.165, 1.54) is 5.56 Å². The first-order valence-corrected chi connectivity index (χ1v) is 6.43. The highest BCUT2D eigenvalue weighted by Gasteiger charge is 2.27. The standard InChI is InChI=1S/C15H23NO3/c1-10(2)11-6-7-12(13(8-11)19-5)16-9-15(3,4)14(17)18/h6-8,10,16H,9H2,1-5H3,(H,17,18). The second kappa shape index (κ2) is 5.95. The molecule has 0 saturated heterocycles. The Balaban J connectivity index is 2.87. The van der Waals surface area contributed by atoms with Gasteiger partial charge in [0.15, 0.2) is 0 Å². The summed E-state index contributed by atoms with van der Waals surface area (Å²) in [5, 5.41) is 12.2. The molecule has 0 spiro atoms. The highest BCUT2D eigenvalue weighted by atomic mass is 16.5. The first-order chi connectivity index (χ1) is 8.77.